The van der Waals surface area contributed by atoms with Gasteiger partial charge in [0.1, 0.15) is 0 Å². The summed E-state index contributed by atoms with van der Waals surface area (Å²) in [5.41, 5.74) is 0. The van der Waals surface area contributed by atoms with Crippen molar-refractivity contribution in [3.63, 3.8) is 0 Å². The first kappa shape index (κ1) is 22.8. The smallest absolute Gasteiger partial charge is 0.151 e. The van der Waals surface area contributed by atoms with Gasteiger partial charge in [0.15, 0.2) is 6.00 Å². The molecule has 0 aromatic rings. The Morgan fingerprint density at radius 2 is 0.950 bits per heavy atom. The second-order valence-corrected chi connectivity index (χ2v) is 6.14. The van der Waals surface area contributed by atoms with E-state index in [1.165, 1.54) is 96.4 Å². The summed E-state index contributed by atoms with van der Waals surface area (Å²) in [6.45, 7) is 3.50. The molecule has 0 saturated carbocycles. The van der Waals surface area contributed by atoms with E-state index in [9.17, 15) is 0 Å². The summed E-state index contributed by atoms with van der Waals surface area (Å²) >= 11 is 5.60. The number of hydrogen-bond acceptors (Lipinski definition) is 0. The van der Waals surface area contributed by atoms with Crippen LogP contribution in [0.1, 0.15) is 96.8 Å². The summed E-state index contributed by atoms with van der Waals surface area (Å²) in [5, 5.41) is 2.18. The Hall–Kier alpha value is 0.540. The number of nitrogens with two attached hydrogens (primary N) is 1. The molecule has 0 amide bonds. The van der Waals surface area contributed by atoms with E-state index >= 15 is 0 Å². The first-order valence-corrected chi connectivity index (χ1v) is 9.33. The van der Waals surface area contributed by atoms with Crippen molar-refractivity contribution in [1.82, 2.24) is 0 Å². The molecule has 0 aromatic heterocycles. The number of unbranched alkanes of at least 4 members (excludes halogenated alkanes) is 13. The van der Waals surface area contributed by atoms with Gasteiger partial charge in [-0.1, -0.05) is 95.6 Å². The third-order valence-electron chi connectivity index (χ3n) is 3.87. The molecular weight excluding hydrogens is 289 g/mol. The lowest BCUT2D eigenvalue weighted by molar-refractivity contribution is -0.638. The van der Waals surface area contributed by atoms with Crippen LogP contribution in [-0.2, 0) is 0 Å². The predicted octanol–water partition coefficient (Wildman–Crippen LogP) is 2.23. The highest BCUT2D eigenvalue weighted by Crippen LogP contribution is 2.12. The molecule has 2 N–H and O–H groups in total. The minimum absolute atomic E-state index is 0. The lowest BCUT2D eigenvalue weighted by atomic mass is 10.0. The van der Waals surface area contributed by atoms with Gasteiger partial charge in [0, 0.05) is 0 Å². The monoisotopic (exact) mass is 325 g/mol. The summed E-state index contributed by atoms with van der Waals surface area (Å²) < 4.78 is 0. The number of alkyl halides is 1. The van der Waals surface area contributed by atoms with Crippen LogP contribution in [0.2, 0.25) is 0 Å². The maximum Gasteiger partial charge on any atom is 0.151 e. The Morgan fingerprint density at radius 3 is 1.30 bits per heavy atom. The molecule has 0 rings (SSSR count). The average molecular weight is 326 g/mol. The number of quaternary nitrogens is 1. The van der Waals surface area contributed by atoms with E-state index in [0.29, 0.717) is 0 Å². The van der Waals surface area contributed by atoms with E-state index in [2.05, 4.69) is 12.2 Å². The van der Waals surface area contributed by atoms with Crippen LogP contribution in [0.25, 0.3) is 0 Å². The minimum atomic E-state index is 0. The highest BCUT2D eigenvalue weighted by atomic mass is 35.5. The molecule has 3 heteroatoms. The molecule has 0 atom stereocenters. The fourth-order valence-corrected chi connectivity index (χ4v) is 2.71. The quantitative estimate of drug-likeness (QED) is 0.254. The molecule has 20 heavy (non-hydrogen) atoms. The predicted molar refractivity (Wildman–Crippen MR) is 87.8 cm³/mol. The van der Waals surface area contributed by atoms with Crippen molar-refractivity contribution >= 4 is 11.6 Å². The van der Waals surface area contributed by atoms with Crippen LogP contribution >= 0.6 is 11.6 Å². The summed E-state index contributed by atoms with van der Waals surface area (Å²) in [4.78, 5) is 0. The Labute approximate surface area is 139 Å². The van der Waals surface area contributed by atoms with Crippen molar-refractivity contribution in [3.8, 4) is 0 Å². The van der Waals surface area contributed by atoms with Crippen molar-refractivity contribution in [3.05, 3.63) is 0 Å². The lowest BCUT2D eigenvalue weighted by Gasteiger charge is -2.03. The molecule has 0 aliphatic heterocycles. The van der Waals surface area contributed by atoms with Gasteiger partial charge in [0.05, 0.1) is 6.54 Å². The first-order valence-electron chi connectivity index (χ1n) is 8.79. The second kappa shape index (κ2) is 21.8. The Morgan fingerprint density at radius 1 is 0.600 bits per heavy atom. The van der Waals surface area contributed by atoms with E-state index in [1.807, 2.05) is 0 Å². The minimum Gasteiger partial charge on any atom is -1.00 e. The normalized spacial score (nSPS) is 10.5. The topological polar surface area (TPSA) is 16.6 Å². The van der Waals surface area contributed by atoms with Crippen LogP contribution in [0.5, 0.6) is 0 Å². The zero-order valence-corrected chi connectivity index (χ0v) is 15.2. The van der Waals surface area contributed by atoms with Crippen molar-refractivity contribution in [1.29, 1.82) is 0 Å². The van der Waals surface area contributed by atoms with Crippen molar-refractivity contribution < 1.29 is 17.7 Å². The molecule has 0 spiro atoms. The van der Waals surface area contributed by atoms with Gasteiger partial charge in [-0.15, -0.1) is 0 Å². The van der Waals surface area contributed by atoms with Crippen molar-refractivity contribution in [2.75, 3.05) is 12.5 Å². The van der Waals surface area contributed by atoms with Gasteiger partial charge in [-0.2, -0.15) is 0 Å². The zero-order valence-electron chi connectivity index (χ0n) is 13.6. The van der Waals surface area contributed by atoms with Crippen molar-refractivity contribution in [2.45, 2.75) is 96.8 Å². The Kier molecular flexibility index (Phi) is 24.9. The summed E-state index contributed by atoms with van der Waals surface area (Å²) in [5.74, 6) is 0. The van der Waals surface area contributed by atoms with Gasteiger partial charge in [0.25, 0.3) is 0 Å². The number of halogens is 2. The molecule has 0 bridgehead atoms. The van der Waals surface area contributed by atoms with Crippen molar-refractivity contribution in [2.24, 2.45) is 0 Å². The molecule has 0 saturated heterocycles. The van der Waals surface area contributed by atoms with Crippen LogP contribution in [0.15, 0.2) is 0 Å². The molecule has 0 aliphatic carbocycles. The first-order chi connectivity index (χ1) is 9.41. The highest BCUT2D eigenvalue weighted by molar-refractivity contribution is 6.16. The molecule has 0 unspecified atom stereocenters. The van der Waals surface area contributed by atoms with Gasteiger partial charge in [-0.25, -0.2) is 0 Å². The van der Waals surface area contributed by atoms with E-state index in [-0.39, 0.29) is 12.4 Å². The third kappa shape index (κ3) is 20.8. The fraction of sp³-hybridized carbons (Fsp3) is 1.00. The van der Waals surface area contributed by atoms with E-state index < -0.39 is 0 Å². The molecule has 0 aliphatic rings. The summed E-state index contributed by atoms with van der Waals surface area (Å²) in [6.07, 6.45) is 20.1. The maximum absolute atomic E-state index is 5.60. The molecule has 0 radical (unpaired) electrons. The van der Waals surface area contributed by atoms with Gasteiger partial charge >= 0.3 is 0 Å². The van der Waals surface area contributed by atoms with Crippen LogP contribution in [0, 0.1) is 0 Å². The maximum atomic E-state index is 5.60. The van der Waals surface area contributed by atoms with Crippen LogP contribution in [-0.4, -0.2) is 12.5 Å². The fourth-order valence-electron chi connectivity index (χ4n) is 2.56. The number of rotatable bonds is 16. The van der Waals surface area contributed by atoms with E-state index in [1.54, 1.807) is 0 Å². The molecule has 0 heterocycles. The molecule has 1 nitrogen and oxygen atoms in total. The van der Waals surface area contributed by atoms with Crippen LogP contribution in [0.3, 0.4) is 0 Å². The molecular formula is C17H37Cl2N. The molecule has 0 fully saturated rings. The van der Waals surface area contributed by atoms with Gasteiger partial charge in [-0.3, -0.25) is 0 Å². The summed E-state index contributed by atoms with van der Waals surface area (Å²) in [7, 11) is 0. The molecule has 124 valence electrons. The average Bonchev–Trinajstić information content (AvgIpc) is 2.43. The van der Waals surface area contributed by atoms with Crippen LogP contribution in [0.4, 0.5) is 0 Å². The Bertz CT molecular complexity index is 138. The van der Waals surface area contributed by atoms with E-state index in [0.717, 1.165) is 6.00 Å². The highest BCUT2D eigenvalue weighted by Gasteiger charge is 1.94. The SMILES string of the molecule is CCCCCCCCCCCCCCCC[NH2+]CCl.[Cl-]. The van der Waals surface area contributed by atoms with Gasteiger partial charge in [-0.05, 0) is 12.8 Å². The second-order valence-electron chi connectivity index (χ2n) is 5.83. The van der Waals surface area contributed by atoms with E-state index in [4.69, 9.17) is 11.6 Å². The lowest BCUT2D eigenvalue weighted by Crippen LogP contribution is -3.00. The Balaban J connectivity index is 0. The number of hydrogen-bond donors (Lipinski definition) is 1. The van der Waals surface area contributed by atoms with Crippen LogP contribution < -0.4 is 17.7 Å². The molecule has 0 aromatic carbocycles. The van der Waals surface area contributed by atoms with Gasteiger partial charge in [0.2, 0.25) is 0 Å². The largest absolute Gasteiger partial charge is 1.00 e. The van der Waals surface area contributed by atoms with Gasteiger partial charge < -0.3 is 17.7 Å². The third-order valence-corrected chi connectivity index (χ3v) is 4.09. The standard InChI is InChI=1S/C17H36ClN.ClH/c1-2-3-4-5-6-7-8-9-10-11-12-13-14-15-16-19-17-18;/h19H,2-17H2,1H3;1H. The zero-order chi connectivity index (χ0) is 14.0. The summed E-state index contributed by atoms with van der Waals surface area (Å²) in [6, 6.07) is 0.721.